The van der Waals surface area contributed by atoms with Gasteiger partial charge < -0.3 is 14.5 Å². The van der Waals surface area contributed by atoms with Crippen molar-refractivity contribution in [2.24, 2.45) is 0 Å². The predicted molar refractivity (Wildman–Crippen MR) is 88.1 cm³/mol. The molecule has 0 bridgehead atoms. The van der Waals surface area contributed by atoms with E-state index in [1.165, 1.54) is 11.8 Å². The number of nitriles is 1. The largest absolute Gasteiger partial charge is 0.454 e. The van der Waals surface area contributed by atoms with Gasteiger partial charge in [0, 0.05) is 0 Å². The Hall–Kier alpha value is -2.91. The first kappa shape index (κ1) is 13.7. The molecule has 6 heteroatoms. The smallest absolute Gasteiger partial charge is 0.231 e. The van der Waals surface area contributed by atoms with E-state index < -0.39 is 0 Å². The molecule has 5 nitrogen and oxygen atoms in total. The van der Waals surface area contributed by atoms with Gasteiger partial charge in [-0.25, -0.2) is 4.98 Å². The molecule has 0 atom stereocenters. The molecule has 1 N–H and O–H groups in total. The van der Waals surface area contributed by atoms with Crippen LogP contribution < -0.4 is 9.47 Å². The Labute approximate surface area is 136 Å². The molecule has 2 aromatic carbocycles. The number of allylic oxidation sites excluding steroid dienone is 1. The number of thioether (sulfide) groups is 1. The number of para-hydroxylation sites is 2. The van der Waals surface area contributed by atoms with Crippen LogP contribution in [0.15, 0.2) is 52.5 Å². The highest BCUT2D eigenvalue weighted by Crippen LogP contribution is 2.34. The second-order valence-electron chi connectivity index (χ2n) is 4.89. The van der Waals surface area contributed by atoms with E-state index in [1.54, 1.807) is 6.08 Å². The summed E-state index contributed by atoms with van der Waals surface area (Å²) in [5.41, 5.74) is 2.72. The minimum absolute atomic E-state index is 0.237. The Bertz CT molecular complexity index is 923. The maximum absolute atomic E-state index is 9.38. The summed E-state index contributed by atoms with van der Waals surface area (Å²) in [7, 11) is 0. The molecule has 1 aromatic heterocycles. The average Bonchev–Trinajstić information content (AvgIpc) is 3.19. The molecule has 0 saturated heterocycles. The number of imidazole rings is 1. The minimum atomic E-state index is 0.237. The van der Waals surface area contributed by atoms with Gasteiger partial charge in [-0.3, -0.25) is 0 Å². The maximum Gasteiger partial charge on any atom is 0.231 e. The summed E-state index contributed by atoms with van der Waals surface area (Å²) in [6, 6.07) is 15.6. The summed E-state index contributed by atoms with van der Waals surface area (Å²) in [5.74, 6) is 1.43. The minimum Gasteiger partial charge on any atom is -0.454 e. The molecule has 4 rings (SSSR count). The van der Waals surface area contributed by atoms with Crippen LogP contribution in [0.1, 0.15) is 5.56 Å². The first-order valence-electron chi connectivity index (χ1n) is 6.96. The van der Waals surface area contributed by atoms with Crippen LogP contribution in [-0.4, -0.2) is 16.8 Å². The van der Waals surface area contributed by atoms with Gasteiger partial charge in [0.2, 0.25) is 6.79 Å². The van der Waals surface area contributed by atoms with Crippen molar-refractivity contribution in [3.8, 4) is 17.6 Å². The molecule has 0 amide bonds. The summed E-state index contributed by atoms with van der Waals surface area (Å²) in [6.07, 6.45) is 1.81. The Morgan fingerprint density at radius 1 is 1.22 bits per heavy atom. The molecule has 1 aliphatic heterocycles. The third-order valence-corrected chi connectivity index (χ3v) is 4.19. The fourth-order valence-electron chi connectivity index (χ4n) is 2.32. The maximum atomic E-state index is 9.38. The van der Waals surface area contributed by atoms with Crippen molar-refractivity contribution < 1.29 is 9.47 Å². The van der Waals surface area contributed by atoms with Gasteiger partial charge in [0.1, 0.15) is 6.07 Å². The number of H-pyrrole nitrogens is 1. The standard InChI is InChI=1S/C17H11N3O2S/c18-9-12(7-11-5-6-15-16(8-11)22-10-21-15)23-17-19-13-3-1-2-4-14(13)20-17/h1-8H,10H2,(H,19,20)/b12-7+. The van der Waals surface area contributed by atoms with Crippen LogP contribution in [0.3, 0.4) is 0 Å². The Balaban J connectivity index is 1.62. The Kier molecular flexibility index (Phi) is 3.41. The molecular formula is C17H11N3O2S. The van der Waals surface area contributed by atoms with Crippen LogP contribution >= 0.6 is 11.8 Å². The van der Waals surface area contributed by atoms with E-state index in [-0.39, 0.29) is 6.79 Å². The molecule has 0 unspecified atom stereocenters. The molecule has 0 saturated carbocycles. The second-order valence-corrected chi connectivity index (χ2v) is 5.92. The van der Waals surface area contributed by atoms with Gasteiger partial charge in [-0.05, 0) is 47.7 Å². The lowest BCUT2D eigenvalue weighted by atomic mass is 10.2. The summed E-state index contributed by atoms with van der Waals surface area (Å²) >= 11 is 1.30. The third kappa shape index (κ3) is 2.74. The fourth-order valence-corrected chi connectivity index (χ4v) is 3.07. The van der Waals surface area contributed by atoms with Crippen molar-refractivity contribution in [2.75, 3.05) is 6.79 Å². The van der Waals surface area contributed by atoms with E-state index in [4.69, 9.17) is 9.47 Å². The Morgan fingerprint density at radius 2 is 2.09 bits per heavy atom. The Morgan fingerprint density at radius 3 is 2.96 bits per heavy atom. The molecule has 2 heterocycles. The SMILES string of the molecule is N#C/C(=C\c1ccc2c(c1)OCO2)Sc1nc2ccccc2[nH]1. The molecular weight excluding hydrogens is 310 g/mol. The lowest BCUT2D eigenvalue weighted by molar-refractivity contribution is 0.174. The van der Waals surface area contributed by atoms with Gasteiger partial charge in [-0.15, -0.1) is 0 Å². The number of rotatable bonds is 3. The van der Waals surface area contributed by atoms with E-state index >= 15 is 0 Å². The van der Waals surface area contributed by atoms with E-state index in [2.05, 4.69) is 16.0 Å². The monoisotopic (exact) mass is 321 g/mol. The van der Waals surface area contributed by atoms with Gasteiger partial charge in [0.25, 0.3) is 0 Å². The van der Waals surface area contributed by atoms with Gasteiger partial charge in [-0.2, -0.15) is 5.26 Å². The number of fused-ring (bicyclic) bond motifs is 2. The lowest BCUT2D eigenvalue weighted by Crippen LogP contribution is -1.92. The summed E-state index contributed by atoms with van der Waals surface area (Å²) < 4.78 is 10.6. The van der Waals surface area contributed by atoms with Crippen LogP contribution in [0.25, 0.3) is 17.1 Å². The zero-order valence-electron chi connectivity index (χ0n) is 11.9. The van der Waals surface area contributed by atoms with Crippen molar-refractivity contribution in [2.45, 2.75) is 5.16 Å². The zero-order valence-corrected chi connectivity index (χ0v) is 12.8. The number of ether oxygens (including phenoxy) is 2. The highest BCUT2D eigenvalue weighted by atomic mass is 32.2. The van der Waals surface area contributed by atoms with Gasteiger partial charge in [-0.1, -0.05) is 18.2 Å². The summed E-state index contributed by atoms with van der Waals surface area (Å²) in [6.45, 7) is 0.237. The van der Waals surface area contributed by atoms with Crippen molar-refractivity contribution in [1.29, 1.82) is 5.26 Å². The average molecular weight is 321 g/mol. The molecule has 23 heavy (non-hydrogen) atoms. The van der Waals surface area contributed by atoms with Crippen molar-refractivity contribution in [1.82, 2.24) is 9.97 Å². The quantitative estimate of drug-likeness (QED) is 0.584. The van der Waals surface area contributed by atoms with Gasteiger partial charge in [0.15, 0.2) is 16.7 Å². The summed E-state index contributed by atoms with van der Waals surface area (Å²) in [4.78, 5) is 8.22. The van der Waals surface area contributed by atoms with E-state index in [0.29, 0.717) is 15.8 Å². The van der Waals surface area contributed by atoms with Crippen molar-refractivity contribution >= 4 is 28.9 Å². The number of aromatic nitrogens is 2. The zero-order chi connectivity index (χ0) is 15.6. The van der Waals surface area contributed by atoms with Crippen molar-refractivity contribution in [3.63, 3.8) is 0 Å². The molecule has 1 aliphatic rings. The first-order chi connectivity index (χ1) is 11.3. The number of hydrogen-bond donors (Lipinski definition) is 1. The molecule has 3 aromatic rings. The second kappa shape index (κ2) is 5.71. The van der Waals surface area contributed by atoms with Crippen LogP contribution in [0.4, 0.5) is 0 Å². The number of aromatic amines is 1. The van der Waals surface area contributed by atoms with Crippen LogP contribution in [0.5, 0.6) is 11.5 Å². The number of hydrogen-bond acceptors (Lipinski definition) is 5. The molecule has 0 radical (unpaired) electrons. The molecule has 0 fully saturated rings. The predicted octanol–water partition coefficient (Wildman–Crippen LogP) is 3.95. The van der Waals surface area contributed by atoms with Gasteiger partial charge in [0.05, 0.1) is 15.9 Å². The van der Waals surface area contributed by atoms with E-state index in [1.807, 2.05) is 42.5 Å². The number of nitrogens with zero attached hydrogens (tertiary/aromatic N) is 2. The molecule has 0 aliphatic carbocycles. The van der Waals surface area contributed by atoms with Crippen LogP contribution in [0.2, 0.25) is 0 Å². The normalized spacial score (nSPS) is 13.3. The molecule has 0 spiro atoms. The lowest BCUT2D eigenvalue weighted by Gasteiger charge is -1.99. The van der Waals surface area contributed by atoms with Crippen LogP contribution in [0, 0.1) is 11.3 Å². The highest BCUT2D eigenvalue weighted by molar-refractivity contribution is 8.03. The van der Waals surface area contributed by atoms with Crippen LogP contribution in [-0.2, 0) is 0 Å². The number of benzene rings is 2. The molecule has 112 valence electrons. The van der Waals surface area contributed by atoms with E-state index in [0.717, 1.165) is 22.3 Å². The van der Waals surface area contributed by atoms with E-state index in [9.17, 15) is 5.26 Å². The van der Waals surface area contributed by atoms with Crippen molar-refractivity contribution in [3.05, 3.63) is 52.9 Å². The number of nitrogens with one attached hydrogen (secondary N) is 1. The first-order valence-corrected chi connectivity index (χ1v) is 7.77. The van der Waals surface area contributed by atoms with Gasteiger partial charge >= 0.3 is 0 Å². The fraction of sp³-hybridized carbons (Fsp3) is 0.0588. The summed E-state index contributed by atoms with van der Waals surface area (Å²) in [5, 5.41) is 10.1. The third-order valence-electron chi connectivity index (χ3n) is 3.38. The highest BCUT2D eigenvalue weighted by Gasteiger charge is 2.13. The topological polar surface area (TPSA) is 70.9 Å².